The summed E-state index contributed by atoms with van der Waals surface area (Å²) < 4.78 is 0. The smallest absolute Gasteiger partial charge is 0.238 e. The van der Waals surface area contributed by atoms with Crippen molar-refractivity contribution in [1.29, 1.82) is 0 Å². The first-order valence-electron chi connectivity index (χ1n) is 6.14. The maximum Gasteiger partial charge on any atom is 0.238 e. The number of hydrogen-bond donors (Lipinski definition) is 2. The Hall–Kier alpha value is -1.26. The third kappa shape index (κ3) is 4.55. The lowest BCUT2D eigenvalue weighted by molar-refractivity contribution is -0.117. The number of carbonyl (C=O) groups excluding carboxylic acids is 1. The van der Waals surface area contributed by atoms with Crippen molar-refractivity contribution in [3.05, 3.63) is 23.2 Å². The van der Waals surface area contributed by atoms with Crippen molar-refractivity contribution < 1.29 is 4.79 Å². The number of rotatable bonds is 6. The molecule has 3 N–H and O–H groups in total. The van der Waals surface area contributed by atoms with Gasteiger partial charge in [-0.2, -0.15) is 0 Å². The molecule has 0 aliphatic heterocycles. The summed E-state index contributed by atoms with van der Waals surface area (Å²) in [5, 5.41) is 3.36. The molecule has 0 saturated carbocycles. The zero-order chi connectivity index (χ0) is 13.5. The average Bonchev–Trinajstić information content (AvgIpc) is 2.32. The molecule has 0 aliphatic rings. The Labute approximate surface area is 113 Å². The molecule has 0 bridgehead atoms. The average molecular weight is 270 g/mol. The van der Waals surface area contributed by atoms with Gasteiger partial charge in [-0.1, -0.05) is 25.4 Å². The highest BCUT2D eigenvalue weighted by molar-refractivity contribution is 6.31. The molecule has 5 heteroatoms. The molecule has 4 nitrogen and oxygen atoms in total. The molecule has 0 atom stereocenters. The molecule has 0 aromatic heterocycles. The van der Waals surface area contributed by atoms with E-state index in [0.717, 1.165) is 19.5 Å². The highest BCUT2D eigenvalue weighted by Gasteiger charge is 2.09. The van der Waals surface area contributed by atoms with E-state index in [1.165, 1.54) is 0 Å². The highest BCUT2D eigenvalue weighted by atomic mass is 35.5. The Bertz CT molecular complexity index is 409. The predicted molar refractivity (Wildman–Crippen MR) is 76.9 cm³/mol. The van der Waals surface area contributed by atoms with Crippen LogP contribution in [-0.2, 0) is 4.79 Å². The molecule has 0 saturated heterocycles. The van der Waals surface area contributed by atoms with Gasteiger partial charge in [0.1, 0.15) is 0 Å². The van der Waals surface area contributed by atoms with Gasteiger partial charge in [0, 0.05) is 5.02 Å². The fourth-order valence-electron chi connectivity index (χ4n) is 1.71. The molecule has 0 unspecified atom stereocenters. The SMILES string of the molecule is CCCN(CC)CC(=O)Nc1ccc(Cl)cc1N. The van der Waals surface area contributed by atoms with Gasteiger partial charge in [-0.25, -0.2) is 0 Å². The summed E-state index contributed by atoms with van der Waals surface area (Å²) in [5.41, 5.74) is 6.87. The van der Waals surface area contributed by atoms with E-state index in [1.807, 2.05) is 6.92 Å². The van der Waals surface area contributed by atoms with E-state index < -0.39 is 0 Å². The lowest BCUT2D eigenvalue weighted by Gasteiger charge is -2.19. The number of nitrogens with one attached hydrogen (secondary N) is 1. The van der Waals surface area contributed by atoms with E-state index in [4.69, 9.17) is 17.3 Å². The van der Waals surface area contributed by atoms with Gasteiger partial charge in [0.2, 0.25) is 5.91 Å². The van der Waals surface area contributed by atoms with E-state index in [-0.39, 0.29) is 5.91 Å². The number of benzene rings is 1. The van der Waals surface area contributed by atoms with Gasteiger partial charge in [0.15, 0.2) is 0 Å². The summed E-state index contributed by atoms with van der Waals surface area (Å²) in [6, 6.07) is 5.05. The molecule has 0 spiro atoms. The fraction of sp³-hybridized carbons (Fsp3) is 0.462. The van der Waals surface area contributed by atoms with Crippen LogP contribution in [0.5, 0.6) is 0 Å². The normalized spacial score (nSPS) is 10.7. The van der Waals surface area contributed by atoms with Gasteiger partial charge in [0.05, 0.1) is 17.9 Å². The number of hydrogen-bond acceptors (Lipinski definition) is 3. The van der Waals surface area contributed by atoms with Crippen molar-refractivity contribution in [1.82, 2.24) is 4.90 Å². The topological polar surface area (TPSA) is 58.4 Å². The first kappa shape index (κ1) is 14.8. The quantitative estimate of drug-likeness (QED) is 0.781. The second-order valence-electron chi connectivity index (χ2n) is 4.15. The standard InChI is InChI=1S/C13H20ClN3O/c1-3-7-17(4-2)9-13(18)16-12-6-5-10(14)8-11(12)15/h5-6,8H,3-4,7,9,15H2,1-2H3,(H,16,18). The predicted octanol–water partition coefficient (Wildman–Crippen LogP) is 2.59. The summed E-state index contributed by atoms with van der Waals surface area (Å²) >= 11 is 5.80. The number of amides is 1. The minimum atomic E-state index is -0.0562. The molecule has 18 heavy (non-hydrogen) atoms. The maximum absolute atomic E-state index is 11.9. The fourth-order valence-corrected chi connectivity index (χ4v) is 1.89. The molecule has 1 aromatic carbocycles. The van der Waals surface area contributed by atoms with Gasteiger partial charge in [0.25, 0.3) is 0 Å². The molecule has 1 aromatic rings. The molecule has 100 valence electrons. The third-order valence-corrected chi connectivity index (χ3v) is 2.88. The van der Waals surface area contributed by atoms with Crippen molar-refractivity contribution in [2.45, 2.75) is 20.3 Å². The van der Waals surface area contributed by atoms with Crippen molar-refractivity contribution in [3.63, 3.8) is 0 Å². The molecule has 0 heterocycles. The largest absolute Gasteiger partial charge is 0.397 e. The van der Waals surface area contributed by atoms with Crippen LogP contribution in [0.25, 0.3) is 0 Å². The maximum atomic E-state index is 11.9. The van der Waals surface area contributed by atoms with Crippen LogP contribution >= 0.6 is 11.6 Å². The van der Waals surface area contributed by atoms with Crippen molar-refractivity contribution >= 4 is 28.9 Å². The zero-order valence-electron chi connectivity index (χ0n) is 10.9. The van der Waals surface area contributed by atoms with Crippen LogP contribution in [0, 0.1) is 0 Å². The number of nitrogen functional groups attached to an aromatic ring is 1. The third-order valence-electron chi connectivity index (χ3n) is 2.64. The van der Waals surface area contributed by atoms with Crippen LogP contribution in [0.2, 0.25) is 5.02 Å². The van der Waals surface area contributed by atoms with Crippen LogP contribution < -0.4 is 11.1 Å². The number of likely N-dealkylation sites (N-methyl/N-ethyl adjacent to an activating group) is 1. The van der Waals surface area contributed by atoms with E-state index in [2.05, 4.69) is 17.1 Å². The summed E-state index contributed by atoms with van der Waals surface area (Å²) in [7, 11) is 0. The van der Waals surface area contributed by atoms with Gasteiger partial charge >= 0.3 is 0 Å². The van der Waals surface area contributed by atoms with E-state index >= 15 is 0 Å². The summed E-state index contributed by atoms with van der Waals surface area (Å²) in [6.07, 6.45) is 1.03. The molecular weight excluding hydrogens is 250 g/mol. The van der Waals surface area contributed by atoms with Crippen LogP contribution in [0.1, 0.15) is 20.3 Å². The van der Waals surface area contributed by atoms with Crippen LogP contribution in [-0.4, -0.2) is 30.4 Å². The first-order valence-corrected chi connectivity index (χ1v) is 6.51. The van der Waals surface area contributed by atoms with E-state index in [9.17, 15) is 4.79 Å². The van der Waals surface area contributed by atoms with Crippen LogP contribution in [0.3, 0.4) is 0 Å². The molecular formula is C13H20ClN3O. The Morgan fingerprint density at radius 2 is 2.17 bits per heavy atom. The highest BCUT2D eigenvalue weighted by Crippen LogP contribution is 2.22. The van der Waals surface area contributed by atoms with E-state index in [1.54, 1.807) is 18.2 Å². The number of halogens is 1. The number of nitrogens with zero attached hydrogens (tertiary/aromatic N) is 1. The van der Waals surface area contributed by atoms with Gasteiger partial charge in [-0.3, -0.25) is 9.69 Å². The first-order chi connectivity index (χ1) is 8.56. The molecule has 1 rings (SSSR count). The summed E-state index contributed by atoms with van der Waals surface area (Å²) in [4.78, 5) is 13.9. The summed E-state index contributed by atoms with van der Waals surface area (Å²) in [6.45, 7) is 6.29. The Morgan fingerprint density at radius 1 is 1.44 bits per heavy atom. The lowest BCUT2D eigenvalue weighted by atomic mass is 10.2. The van der Waals surface area contributed by atoms with Crippen LogP contribution in [0.15, 0.2) is 18.2 Å². The number of anilines is 2. The van der Waals surface area contributed by atoms with Gasteiger partial charge in [-0.05, 0) is 37.7 Å². The zero-order valence-corrected chi connectivity index (χ0v) is 11.6. The molecule has 0 aliphatic carbocycles. The second-order valence-corrected chi connectivity index (χ2v) is 4.58. The minimum Gasteiger partial charge on any atom is -0.397 e. The Morgan fingerprint density at radius 3 is 2.72 bits per heavy atom. The van der Waals surface area contributed by atoms with Crippen LogP contribution in [0.4, 0.5) is 11.4 Å². The van der Waals surface area contributed by atoms with E-state index in [0.29, 0.717) is 22.9 Å². The molecule has 0 fully saturated rings. The lowest BCUT2D eigenvalue weighted by Crippen LogP contribution is -2.33. The van der Waals surface area contributed by atoms with Gasteiger partial charge in [-0.15, -0.1) is 0 Å². The van der Waals surface area contributed by atoms with Crippen molar-refractivity contribution in [2.24, 2.45) is 0 Å². The minimum absolute atomic E-state index is 0.0562. The van der Waals surface area contributed by atoms with Crippen molar-refractivity contribution in [3.8, 4) is 0 Å². The van der Waals surface area contributed by atoms with Gasteiger partial charge < -0.3 is 11.1 Å². The molecule has 0 radical (unpaired) electrons. The monoisotopic (exact) mass is 269 g/mol. The number of carbonyl (C=O) groups is 1. The molecule has 1 amide bonds. The summed E-state index contributed by atoms with van der Waals surface area (Å²) in [5.74, 6) is -0.0562. The number of nitrogens with two attached hydrogens (primary N) is 1. The Balaban J connectivity index is 2.58. The second kappa shape index (κ2) is 7.24. The Kier molecular flexibility index (Phi) is 5.95. The van der Waals surface area contributed by atoms with Crippen molar-refractivity contribution in [2.75, 3.05) is 30.7 Å².